The van der Waals surface area contributed by atoms with Crippen molar-refractivity contribution in [3.05, 3.63) is 34.3 Å². The van der Waals surface area contributed by atoms with Crippen LogP contribution in [0.25, 0.3) is 9.40 Å². The Kier molecular flexibility index (Phi) is 4.67. The summed E-state index contributed by atoms with van der Waals surface area (Å²) in [5.74, 6) is 0. The molecule has 0 radical (unpaired) electrons. The number of aryl methyl sites for hydroxylation is 1. The second-order valence-corrected chi connectivity index (χ2v) is 7.13. The van der Waals surface area contributed by atoms with Crippen molar-refractivity contribution >= 4 is 32.1 Å². The minimum Gasteiger partial charge on any atom is -0.304 e. The fourth-order valence-corrected chi connectivity index (χ4v) is 4.65. The van der Waals surface area contributed by atoms with E-state index in [2.05, 4.69) is 47.0 Å². The first-order valence-corrected chi connectivity index (χ1v) is 9.11. The number of rotatable bonds is 7. The van der Waals surface area contributed by atoms with Gasteiger partial charge in [-0.05, 0) is 36.9 Å². The molecule has 0 amide bonds. The zero-order chi connectivity index (χ0) is 14.7. The monoisotopic (exact) mass is 320 g/mol. The summed E-state index contributed by atoms with van der Waals surface area (Å²) in [5, 5.41) is 14.2. The van der Waals surface area contributed by atoms with Gasteiger partial charge in [0, 0.05) is 20.8 Å². The number of nitrogens with one attached hydrogen (secondary N) is 1. The number of nitrogens with zero attached hydrogens (tertiary/aromatic N) is 3. The van der Waals surface area contributed by atoms with Gasteiger partial charge in [0.25, 0.3) is 0 Å². The van der Waals surface area contributed by atoms with Crippen molar-refractivity contribution in [2.75, 3.05) is 6.54 Å². The third kappa shape index (κ3) is 3.02. The molecule has 0 saturated carbocycles. The number of aromatic nitrogens is 3. The molecule has 0 bridgehead atoms. The molecule has 0 fully saturated rings. The van der Waals surface area contributed by atoms with Gasteiger partial charge >= 0.3 is 0 Å². The second kappa shape index (κ2) is 6.68. The summed E-state index contributed by atoms with van der Waals surface area (Å²) in [7, 11) is 0. The van der Waals surface area contributed by atoms with Gasteiger partial charge in [0.1, 0.15) is 0 Å². The van der Waals surface area contributed by atoms with Crippen LogP contribution in [0, 0.1) is 0 Å². The summed E-state index contributed by atoms with van der Waals surface area (Å²) in [5.41, 5.74) is 1.17. The van der Waals surface area contributed by atoms with E-state index in [1.807, 2.05) is 22.2 Å². The molecule has 3 rings (SSSR count). The van der Waals surface area contributed by atoms with Crippen LogP contribution in [-0.4, -0.2) is 21.5 Å². The van der Waals surface area contributed by atoms with Gasteiger partial charge in [0.15, 0.2) is 0 Å². The van der Waals surface area contributed by atoms with E-state index in [4.69, 9.17) is 0 Å². The second-order valence-electron chi connectivity index (χ2n) is 5.07. The molecule has 112 valence electrons. The van der Waals surface area contributed by atoms with Crippen molar-refractivity contribution < 1.29 is 0 Å². The molecule has 0 aliphatic heterocycles. The zero-order valence-electron chi connectivity index (χ0n) is 12.4. The fourth-order valence-electron chi connectivity index (χ4n) is 2.44. The average Bonchev–Trinajstić information content (AvgIpc) is 3.16. The average molecular weight is 320 g/mol. The normalized spacial score (nSPS) is 13.0. The molecule has 1 N–H and O–H groups in total. The summed E-state index contributed by atoms with van der Waals surface area (Å²) < 4.78 is 4.77. The van der Waals surface area contributed by atoms with E-state index in [-0.39, 0.29) is 6.04 Å². The lowest BCUT2D eigenvalue weighted by atomic mass is 10.1. The SMILES string of the molecule is CCCNC(c1cc2sccc2s1)c1cnnn1CCC. The summed E-state index contributed by atoms with van der Waals surface area (Å²) in [6, 6.07) is 4.70. The maximum absolute atomic E-state index is 4.24. The Balaban J connectivity index is 1.96. The van der Waals surface area contributed by atoms with Crippen molar-refractivity contribution in [3.8, 4) is 0 Å². The molecule has 0 aliphatic carbocycles. The fraction of sp³-hybridized carbons (Fsp3) is 0.467. The van der Waals surface area contributed by atoms with Gasteiger partial charge in [0.2, 0.25) is 0 Å². The molecule has 0 saturated heterocycles. The Labute approximate surface area is 132 Å². The van der Waals surface area contributed by atoms with Gasteiger partial charge in [-0.1, -0.05) is 19.1 Å². The van der Waals surface area contributed by atoms with Crippen molar-refractivity contribution in [2.24, 2.45) is 0 Å². The molecule has 4 nitrogen and oxygen atoms in total. The molecule has 1 atom stereocenters. The van der Waals surface area contributed by atoms with Crippen LogP contribution >= 0.6 is 22.7 Å². The molecule has 6 heteroatoms. The molecule has 0 aliphatic rings. The predicted octanol–water partition coefficient (Wildman–Crippen LogP) is 4.05. The Hall–Kier alpha value is -1.24. The van der Waals surface area contributed by atoms with Gasteiger partial charge in [-0.2, -0.15) is 0 Å². The lowest BCUT2D eigenvalue weighted by Gasteiger charge is -2.17. The van der Waals surface area contributed by atoms with Crippen molar-refractivity contribution in [1.82, 2.24) is 20.3 Å². The van der Waals surface area contributed by atoms with Crippen LogP contribution in [0.4, 0.5) is 0 Å². The van der Waals surface area contributed by atoms with E-state index in [1.165, 1.54) is 20.0 Å². The first-order valence-electron chi connectivity index (χ1n) is 7.42. The van der Waals surface area contributed by atoms with Crippen molar-refractivity contribution in [1.29, 1.82) is 0 Å². The van der Waals surface area contributed by atoms with Crippen LogP contribution in [0.2, 0.25) is 0 Å². The Morgan fingerprint density at radius 2 is 2.19 bits per heavy atom. The largest absolute Gasteiger partial charge is 0.304 e. The highest BCUT2D eigenvalue weighted by atomic mass is 32.1. The molecule has 0 aromatic carbocycles. The van der Waals surface area contributed by atoms with E-state index >= 15 is 0 Å². The van der Waals surface area contributed by atoms with Crippen LogP contribution < -0.4 is 5.32 Å². The first-order chi connectivity index (χ1) is 10.3. The lowest BCUT2D eigenvalue weighted by Crippen LogP contribution is -2.25. The number of hydrogen-bond donors (Lipinski definition) is 1. The molecule has 1 unspecified atom stereocenters. The molecule has 3 aromatic heterocycles. The molecule has 21 heavy (non-hydrogen) atoms. The maximum atomic E-state index is 4.24. The van der Waals surface area contributed by atoms with Gasteiger partial charge in [-0.3, -0.25) is 0 Å². The molecule has 3 heterocycles. The number of fused-ring (bicyclic) bond motifs is 1. The van der Waals surface area contributed by atoms with Crippen LogP contribution in [0.1, 0.15) is 43.3 Å². The first kappa shape index (κ1) is 14.7. The van der Waals surface area contributed by atoms with E-state index in [9.17, 15) is 0 Å². The number of thiophene rings is 2. The van der Waals surface area contributed by atoms with Crippen LogP contribution in [-0.2, 0) is 6.54 Å². The quantitative estimate of drug-likeness (QED) is 0.714. The molecular weight excluding hydrogens is 300 g/mol. The zero-order valence-corrected chi connectivity index (χ0v) is 14.0. The Bertz CT molecular complexity index is 669. The molecule has 3 aromatic rings. The van der Waals surface area contributed by atoms with E-state index < -0.39 is 0 Å². The molecular formula is C15H20N4S2. The van der Waals surface area contributed by atoms with E-state index in [0.29, 0.717) is 0 Å². The summed E-state index contributed by atoms with van der Waals surface area (Å²) in [6.45, 7) is 6.27. The van der Waals surface area contributed by atoms with Crippen LogP contribution in [0.3, 0.4) is 0 Å². The highest BCUT2D eigenvalue weighted by molar-refractivity contribution is 7.27. The van der Waals surface area contributed by atoms with E-state index in [1.54, 1.807) is 11.3 Å². The van der Waals surface area contributed by atoms with Crippen molar-refractivity contribution in [2.45, 2.75) is 39.3 Å². The highest BCUT2D eigenvalue weighted by Crippen LogP contribution is 2.35. The minimum atomic E-state index is 0.191. The Morgan fingerprint density at radius 3 is 2.95 bits per heavy atom. The Morgan fingerprint density at radius 1 is 1.29 bits per heavy atom. The van der Waals surface area contributed by atoms with Crippen LogP contribution in [0.15, 0.2) is 23.7 Å². The molecule has 0 spiro atoms. The third-order valence-corrected chi connectivity index (χ3v) is 5.58. The van der Waals surface area contributed by atoms with Gasteiger partial charge in [-0.15, -0.1) is 27.8 Å². The topological polar surface area (TPSA) is 42.7 Å². The maximum Gasteiger partial charge on any atom is 0.0859 e. The van der Waals surface area contributed by atoms with Gasteiger partial charge in [-0.25, -0.2) is 4.68 Å². The standard InChI is InChI=1S/C15H20N4S2/c1-3-6-16-15(11-10-17-18-19(11)7-4-2)14-9-13-12(21-14)5-8-20-13/h5,8-10,15-16H,3-4,6-7H2,1-2H3. The number of hydrogen-bond acceptors (Lipinski definition) is 5. The summed E-state index contributed by atoms with van der Waals surface area (Å²) in [6.07, 6.45) is 4.08. The lowest BCUT2D eigenvalue weighted by molar-refractivity contribution is 0.507. The smallest absolute Gasteiger partial charge is 0.0859 e. The van der Waals surface area contributed by atoms with E-state index in [0.717, 1.165) is 25.9 Å². The summed E-state index contributed by atoms with van der Waals surface area (Å²) >= 11 is 3.67. The minimum absolute atomic E-state index is 0.191. The van der Waals surface area contributed by atoms with Crippen LogP contribution in [0.5, 0.6) is 0 Å². The third-order valence-electron chi connectivity index (χ3n) is 3.42. The summed E-state index contributed by atoms with van der Waals surface area (Å²) in [4.78, 5) is 1.35. The van der Waals surface area contributed by atoms with Gasteiger partial charge < -0.3 is 5.32 Å². The van der Waals surface area contributed by atoms with Crippen molar-refractivity contribution in [3.63, 3.8) is 0 Å². The van der Waals surface area contributed by atoms with Gasteiger partial charge in [0.05, 0.1) is 17.9 Å². The highest BCUT2D eigenvalue weighted by Gasteiger charge is 2.21. The predicted molar refractivity (Wildman–Crippen MR) is 90.2 cm³/mol.